The summed E-state index contributed by atoms with van der Waals surface area (Å²) in [4.78, 5) is 24.8. The monoisotopic (exact) mass is 398 g/mol. The third-order valence-electron chi connectivity index (χ3n) is 4.79. The first-order valence-electron chi connectivity index (χ1n) is 10.4. The Bertz CT molecular complexity index is 670. The van der Waals surface area contributed by atoms with Crippen molar-refractivity contribution in [2.75, 3.05) is 26.3 Å². The predicted octanol–water partition coefficient (Wildman–Crippen LogP) is 2.39. The number of quaternary nitrogens is 1. The molecule has 0 radical (unpaired) electrons. The molecule has 29 heavy (non-hydrogen) atoms. The highest BCUT2D eigenvalue weighted by molar-refractivity contribution is 5.73. The Morgan fingerprint density at radius 2 is 1.10 bits per heavy atom. The molecule has 0 saturated carbocycles. The molecule has 5 nitrogen and oxygen atoms in total. The molecule has 0 aliphatic heterocycles. The Balaban J connectivity index is 1.98. The average Bonchev–Trinajstić information content (AvgIpc) is 2.74. The van der Waals surface area contributed by atoms with E-state index in [1.807, 2.05) is 79.8 Å². The molecule has 0 bridgehead atoms. The zero-order valence-electron chi connectivity index (χ0n) is 17.4. The molecule has 2 N–H and O–H groups in total. The van der Waals surface area contributed by atoms with Crippen molar-refractivity contribution < 1.29 is 24.4 Å². The van der Waals surface area contributed by atoms with Crippen LogP contribution in [-0.4, -0.2) is 38.2 Å². The van der Waals surface area contributed by atoms with Crippen LogP contribution in [0.15, 0.2) is 60.7 Å². The lowest BCUT2D eigenvalue weighted by Crippen LogP contribution is -2.87. The van der Waals surface area contributed by atoms with Gasteiger partial charge in [-0.3, -0.25) is 9.59 Å². The van der Waals surface area contributed by atoms with Crippen LogP contribution < -0.4 is 5.32 Å². The lowest BCUT2D eigenvalue weighted by molar-refractivity contribution is -0.662. The first-order chi connectivity index (χ1) is 14.1. The quantitative estimate of drug-likeness (QED) is 0.558. The Morgan fingerprint density at radius 1 is 0.724 bits per heavy atom. The molecule has 2 rings (SSSR count). The first-order valence-corrected chi connectivity index (χ1v) is 10.4. The Kier molecular flexibility index (Phi) is 9.93. The van der Waals surface area contributed by atoms with Gasteiger partial charge in [0.05, 0.1) is 26.3 Å². The second-order valence-electron chi connectivity index (χ2n) is 7.04. The lowest BCUT2D eigenvalue weighted by atomic mass is 9.97. The standard InChI is InChI=1S/C24H31NO4/c1-3-28-23(26)21(15-19-11-7-5-8-12-19)17-25-18-22(24(27)29-4-2)16-20-13-9-6-10-14-20/h5-14,21-22,25H,3-4,15-18H2,1-2H3/p+1/t21-,22-/m1/s1. The van der Waals surface area contributed by atoms with E-state index in [1.54, 1.807) is 0 Å². The maximum atomic E-state index is 12.4. The Hall–Kier alpha value is -2.66. The third kappa shape index (κ3) is 8.08. The second-order valence-corrected chi connectivity index (χ2v) is 7.04. The van der Waals surface area contributed by atoms with Crippen LogP contribution in [0, 0.1) is 11.8 Å². The minimum atomic E-state index is -0.253. The number of rotatable bonds is 12. The minimum Gasteiger partial charge on any atom is -0.466 e. The van der Waals surface area contributed by atoms with Gasteiger partial charge in [0.25, 0.3) is 0 Å². The highest BCUT2D eigenvalue weighted by Crippen LogP contribution is 2.11. The summed E-state index contributed by atoms with van der Waals surface area (Å²) in [7, 11) is 0. The fourth-order valence-electron chi connectivity index (χ4n) is 3.34. The highest BCUT2D eigenvalue weighted by Gasteiger charge is 2.26. The summed E-state index contributed by atoms with van der Waals surface area (Å²) in [6.07, 6.45) is 1.25. The lowest BCUT2D eigenvalue weighted by Gasteiger charge is -2.18. The van der Waals surface area contributed by atoms with Gasteiger partial charge in [-0.2, -0.15) is 0 Å². The van der Waals surface area contributed by atoms with Crippen LogP contribution in [0.5, 0.6) is 0 Å². The molecule has 0 fully saturated rings. The van der Waals surface area contributed by atoms with Crippen LogP contribution in [0.2, 0.25) is 0 Å². The zero-order valence-corrected chi connectivity index (χ0v) is 17.4. The number of carbonyl (C=O) groups excluding carboxylic acids is 2. The summed E-state index contributed by atoms with van der Waals surface area (Å²) in [5.41, 5.74) is 2.20. The van der Waals surface area contributed by atoms with Crippen molar-refractivity contribution in [3.8, 4) is 0 Å². The van der Waals surface area contributed by atoms with Crippen LogP contribution >= 0.6 is 0 Å². The molecule has 0 aliphatic rings. The van der Waals surface area contributed by atoms with E-state index in [4.69, 9.17) is 9.47 Å². The van der Waals surface area contributed by atoms with Gasteiger partial charge in [-0.15, -0.1) is 0 Å². The van der Waals surface area contributed by atoms with Crippen molar-refractivity contribution in [2.45, 2.75) is 26.7 Å². The van der Waals surface area contributed by atoms with E-state index in [0.717, 1.165) is 11.1 Å². The summed E-state index contributed by atoms with van der Waals surface area (Å²) in [5, 5.41) is 2.04. The van der Waals surface area contributed by atoms with Gasteiger partial charge in [-0.1, -0.05) is 60.7 Å². The molecule has 0 aliphatic carbocycles. The zero-order chi connectivity index (χ0) is 20.9. The van der Waals surface area contributed by atoms with Gasteiger partial charge in [0, 0.05) is 0 Å². The van der Waals surface area contributed by atoms with Crippen molar-refractivity contribution >= 4 is 11.9 Å². The van der Waals surface area contributed by atoms with E-state index in [2.05, 4.69) is 0 Å². The van der Waals surface area contributed by atoms with Gasteiger partial charge in [0.2, 0.25) is 0 Å². The molecule has 0 spiro atoms. The normalized spacial score (nSPS) is 12.8. The van der Waals surface area contributed by atoms with Gasteiger partial charge in [0.1, 0.15) is 11.8 Å². The third-order valence-corrected chi connectivity index (χ3v) is 4.79. The van der Waals surface area contributed by atoms with Crippen LogP contribution in [0.1, 0.15) is 25.0 Å². The van der Waals surface area contributed by atoms with Gasteiger partial charge in [0.15, 0.2) is 0 Å². The maximum absolute atomic E-state index is 12.4. The van der Waals surface area contributed by atoms with E-state index < -0.39 is 0 Å². The highest BCUT2D eigenvalue weighted by atomic mass is 16.5. The number of nitrogens with two attached hydrogens (primary N) is 1. The molecule has 156 valence electrons. The van der Waals surface area contributed by atoms with Gasteiger partial charge in [-0.25, -0.2) is 0 Å². The van der Waals surface area contributed by atoms with Gasteiger partial charge < -0.3 is 14.8 Å². The first kappa shape index (κ1) is 22.6. The average molecular weight is 399 g/mol. The molecule has 2 aromatic carbocycles. The number of benzene rings is 2. The minimum absolute atomic E-state index is 0.191. The molecule has 0 amide bonds. The number of ether oxygens (including phenoxy) is 2. The Morgan fingerprint density at radius 3 is 1.45 bits per heavy atom. The Labute approximate surface area is 173 Å². The van der Waals surface area contributed by atoms with Crippen LogP contribution in [-0.2, 0) is 31.9 Å². The molecular formula is C24H32NO4+. The maximum Gasteiger partial charge on any atom is 0.315 e. The molecule has 5 heteroatoms. The van der Waals surface area contributed by atoms with E-state index >= 15 is 0 Å². The number of hydrogen-bond donors (Lipinski definition) is 1. The molecular weight excluding hydrogens is 366 g/mol. The summed E-state index contributed by atoms with van der Waals surface area (Å²) in [6.45, 7) is 5.50. The van der Waals surface area contributed by atoms with Gasteiger partial charge >= 0.3 is 11.9 Å². The molecule has 0 heterocycles. The summed E-state index contributed by atoms with van der Waals surface area (Å²) >= 11 is 0. The molecule has 2 atom stereocenters. The topological polar surface area (TPSA) is 69.2 Å². The second kappa shape index (κ2) is 12.7. The van der Waals surface area contributed by atoms with E-state index in [0.29, 0.717) is 39.1 Å². The van der Waals surface area contributed by atoms with Crippen LogP contribution in [0.4, 0.5) is 0 Å². The summed E-state index contributed by atoms with van der Waals surface area (Å²) in [5.74, 6) is -0.888. The number of hydrogen-bond acceptors (Lipinski definition) is 4. The van der Waals surface area contributed by atoms with Gasteiger partial charge in [-0.05, 0) is 37.8 Å². The van der Waals surface area contributed by atoms with Crippen LogP contribution in [0.25, 0.3) is 0 Å². The van der Waals surface area contributed by atoms with Crippen molar-refractivity contribution in [3.63, 3.8) is 0 Å². The molecule has 2 aromatic rings. The van der Waals surface area contributed by atoms with Crippen LogP contribution in [0.3, 0.4) is 0 Å². The number of esters is 2. The van der Waals surface area contributed by atoms with E-state index in [-0.39, 0.29) is 23.8 Å². The summed E-state index contributed by atoms with van der Waals surface area (Å²) in [6, 6.07) is 19.9. The van der Waals surface area contributed by atoms with E-state index in [1.165, 1.54) is 0 Å². The van der Waals surface area contributed by atoms with Crippen molar-refractivity contribution in [1.29, 1.82) is 0 Å². The largest absolute Gasteiger partial charge is 0.466 e. The number of carbonyl (C=O) groups is 2. The molecule has 0 saturated heterocycles. The van der Waals surface area contributed by atoms with Crippen molar-refractivity contribution in [2.24, 2.45) is 11.8 Å². The SMILES string of the molecule is CCOC(=O)[C@@H](C[NH2+]C[C@@H](Cc1ccccc1)C(=O)OCC)Cc1ccccc1. The predicted molar refractivity (Wildman–Crippen MR) is 112 cm³/mol. The fraction of sp³-hybridized carbons (Fsp3) is 0.417. The summed E-state index contributed by atoms with van der Waals surface area (Å²) < 4.78 is 10.5. The molecule has 0 aromatic heterocycles. The molecule has 0 unspecified atom stereocenters. The van der Waals surface area contributed by atoms with Crippen molar-refractivity contribution in [3.05, 3.63) is 71.8 Å². The van der Waals surface area contributed by atoms with Crippen molar-refractivity contribution in [1.82, 2.24) is 0 Å². The van der Waals surface area contributed by atoms with E-state index in [9.17, 15) is 9.59 Å². The fourth-order valence-corrected chi connectivity index (χ4v) is 3.34. The smallest absolute Gasteiger partial charge is 0.315 e.